The van der Waals surface area contributed by atoms with Crippen molar-refractivity contribution in [3.8, 4) is 0 Å². The number of benzene rings is 1. The van der Waals surface area contributed by atoms with E-state index in [4.69, 9.17) is 16.0 Å². The van der Waals surface area contributed by atoms with Gasteiger partial charge in [-0.15, -0.1) is 0 Å². The van der Waals surface area contributed by atoms with Crippen LogP contribution in [0.15, 0.2) is 53.1 Å². The van der Waals surface area contributed by atoms with Gasteiger partial charge in [0, 0.05) is 18.1 Å². The van der Waals surface area contributed by atoms with E-state index in [-0.39, 0.29) is 11.7 Å². The first-order valence-electron chi connectivity index (χ1n) is 7.46. The fourth-order valence-corrected chi connectivity index (χ4v) is 2.70. The molecule has 6 heteroatoms. The van der Waals surface area contributed by atoms with Gasteiger partial charge in [-0.1, -0.05) is 29.8 Å². The lowest BCUT2D eigenvalue weighted by molar-refractivity contribution is 0.0912. The summed E-state index contributed by atoms with van der Waals surface area (Å²) >= 11 is 6.10. The van der Waals surface area contributed by atoms with Gasteiger partial charge in [0.05, 0.1) is 17.4 Å². The van der Waals surface area contributed by atoms with Crippen LogP contribution in [0.4, 0.5) is 0 Å². The second-order valence-electron chi connectivity index (χ2n) is 5.36. The topological polar surface area (TPSA) is 68.0 Å². The van der Waals surface area contributed by atoms with Crippen LogP contribution in [-0.4, -0.2) is 15.9 Å². The molecule has 0 fully saturated rings. The van der Waals surface area contributed by atoms with Crippen molar-refractivity contribution in [3.63, 3.8) is 0 Å². The van der Waals surface area contributed by atoms with E-state index < -0.39 is 6.04 Å². The minimum absolute atomic E-state index is 0.204. The number of aryl methyl sites for hydroxylation is 2. The van der Waals surface area contributed by atoms with Crippen LogP contribution < -0.4 is 5.32 Å². The predicted octanol–water partition coefficient (Wildman–Crippen LogP) is 3.86. The Morgan fingerprint density at radius 3 is 2.67 bits per heavy atom. The average molecular weight is 342 g/mol. The Balaban J connectivity index is 1.96. The smallest absolute Gasteiger partial charge is 0.289 e. The van der Waals surface area contributed by atoms with Crippen molar-refractivity contribution in [2.24, 2.45) is 0 Å². The highest BCUT2D eigenvalue weighted by atomic mass is 35.5. The molecule has 2 aromatic heterocycles. The van der Waals surface area contributed by atoms with Crippen molar-refractivity contribution in [1.82, 2.24) is 15.3 Å². The monoisotopic (exact) mass is 341 g/mol. The van der Waals surface area contributed by atoms with Crippen LogP contribution in [0.25, 0.3) is 0 Å². The largest absolute Gasteiger partial charge is 0.436 e. The molecule has 0 spiro atoms. The van der Waals surface area contributed by atoms with Crippen molar-refractivity contribution in [2.75, 3.05) is 0 Å². The normalized spacial score (nSPS) is 12.0. The maximum absolute atomic E-state index is 12.6. The fraction of sp³-hybridized carbons (Fsp3) is 0.167. The first-order chi connectivity index (χ1) is 11.5. The minimum Gasteiger partial charge on any atom is -0.436 e. The summed E-state index contributed by atoms with van der Waals surface area (Å²) in [5, 5.41) is 3.55. The molecule has 0 radical (unpaired) electrons. The van der Waals surface area contributed by atoms with E-state index in [2.05, 4.69) is 15.3 Å². The average Bonchev–Trinajstić information content (AvgIpc) is 2.92. The van der Waals surface area contributed by atoms with Crippen LogP contribution in [0.5, 0.6) is 0 Å². The number of carbonyl (C=O) groups excluding carboxylic acids is 1. The van der Waals surface area contributed by atoms with E-state index >= 15 is 0 Å². The van der Waals surface area contributed by atoms with Crippen LogP contribution in [0.2, 0.25) is 5.02 Å². The lowest BCUT2D eigenvalue weighted by atomic mass is 10.0. The van der Waals surface area contributed by atoms with Crippen molar-refractivity contribution >= 4 is 17.5 Å². The van der Waals surface area contributed by atoms with Gasteiger partial charge in [-0.25, -0.2) is 4.98 Å². The number of hydrogen-bond donors (Lipinski definition) is 1. The maximum atomic E-state index is 12.6. The van der Waals surface area contributed by atoms with Crippen LogP contribution in [0, 0.1) is 13.8 Å². The number of halogens is 1. The molecule has 3 aromatic rings. The number of oxazole rings is 1. The SMILES string of the molecule is Cc1nc(C)c(C(=O)N[C@H](c2cccc(Cl)c2)c2ccccn2)o1. The molecule has 0 saturated carbocycles. The molecule has 0 aliphatic heterocycles. The molecule has 0 bridgehead atoms. The van der Waals surface area contributed by atoms with Gasteiger partial charge >= 0.3 is 0 Å². The number of amides is 1. The summed E-state index contributed by atoms with van der Waals surface area (Å²) in [4.78, 5) is 21.1. The molecule has 0 aliphatic carbocycles. The van der Waals surface area contributed by atoms with E-state index in [0.29, 0.717) is 22.3 Å². The molecular weight excluding hydrogens is 326 g/mol. The summed E-state index contributed by atoms with van der Waals surface area (Å²) in [6.45, 7) is 3.44. The summed E-state index contributed by atoms with van der Waals surface area (Å²) in [5.41, 5.74) is 2.10. The molecule has 0 aliphatic rings. The summed E-state index contributed by atoms with van der Waals surface area (Å²) in [6.07, 6.45) is 1.68. The van der Waals surface area contributed by atoms with Gasteiger partial charge in [0.25, 0.3) is 5.91 Å². The third-order valence-electron chi connectivity index (χ3n) is 3.55. The zero-order chi connectivity index (χ0) is 17.1. The second-order valence-corrected chi connectivity index (χ2v) is 5.80. The van der Waals surface area contributed by atoms with E-state index in [1.54, 1.807) is 32.2 Å². The molecule has 3 rings (SSSR count). The van der Waals surface area contributed by atoms with Gasteiger partial charge in [0.1, 0.15) is 0 Å². The van der Waals surface area contributed by atoms with Crippen molar-refractivity contribution in [1.29, 1.82) is 0 Å². The summed E-state index contributed by atoms with van der Waals surface area (Å²) in [6, 6.07) is 12.4. The third kappa shape index (κ3) is 3.46. The Morgan fingerprint density at radius 2 is 2.04 bits per heavy atom. The molecule has 0 saturated heterocycles. The lowest BCUT2D eigenvalue weighted by Crippen LogP contribution is -2.30. The highest BCUT2D eigenvalue weighted by Gasteiger charge is 2.23. The Kier molecular flexibility index (Phi) is 4.62. The highest BCUT2D eigenvalue weighted by molar-refractivity contribution is 6.30. The maximum Gasteiger partial charge on any atom is 0.289 e. The van der Waals surface area contributed by atoms with Crippen LogP contribution in [0.3, 0.4) is 0 Å². The second kappa shape index (κ2) is 6.84. The summed E-state index contributed by atoms with van der Waals surface area (Å²) in [7, 11) is 0. The molecule has 1 amide bonds. The van der Waals surface area contributed by atoms with Gasteiger partial charge in [-0.2, -0.15) is 0 Å². The zero-order valence-corrected chi connectivity index (χ0v) is 14.0. The molecule has 5 nitrogen and oxygen atoms in total. The van der Waals surface area contributed by atoms with Gasteiger partial charge in [0.15, 0.2) is 5.89 Å². The molecule has 1 aromatic carbocycles. The van der Waals surface area contributed by atoms with Crippen LogP contribution in [-0.2, 0) is 0 Å². The van der Waals surface area contributed by atoms with Gasteiger partial charge in [-0.3, -0.25) is 9.78 Å². The summed E-state index contributed by atoms with van der Waals surface area (Å²) < 4.78 is 5.40. The molecule has 1 atom stereocenters. The lowest BCUT2D eigenvalue weighted by Gasteiger charge is -2.18. The molecule has 2 heterocycles. The number of nitrogens with zero attached hydrogens (tertiary/aromatic N) is 2. The third-order valence-corrected chi connectivity index (χ3v) is 3.79. The molecule has 122 valence electrons. The Morgan fingerprint density at radius 1 is 1.21 bits per heavy atom. The number of aromatic nitrogens is 2. The first kappa shape index (κ1) is 16.2. The molecular formula is C18H16ClN3O2. The molecule has 0 unspecified atom stereocenters. The fourth-order valence-electron chi connectivity index (χ4n) is 2.50. The van der Waals surface area contributed by atoms with Gasteiger partial charge < -0.3 is 9.73 Å². The van der Waals surface area contributed by atoms with E-state index in [1.165, 1.54) is 0 Å². The number of carbonyl (C=O) groups is 1. The highest BCUT2D eigenvalue weighted by Crippen LogP contribution is 2.24. The Hall–Kier alpha value is -2.66. The van der Waals surface area contributed by atoms with Gasteiger partial charge in [-0.05, 0) is 36.8 Å². The number of hydrogen-bond acceptors (Lipinski definition) is 4. The molecule has 24 heavy (non-hydrogen) atoms. The predicted molar refractivity (Wildman–Crippen MR) is 91.0 cm³/mol. The quantitative estimate of drug-likeness (QED) is 0.782. The Labute approximate surface area is 144 Å². The van der Waals surface area contributed by atoms with E-state index in [0.717, 1.165) is 5.56 Å². The van der Waals surface area contributed by atoms with E-state index in [1.807, 2.05) is 30.3 Å². The standard InChI is InChI=1S/C18H16ClN3O2/c1-11-17(24-12(2)21-11)18(23)22-16(15-8-3-4-9-20-15)13-6-5-7-14(19)10-13/h3-10,16H,1-2H3,(H,22,23)/t16-/m1/s1. The van der Waals surface area contributed by atoms with Crippen LogP contribution >= 0.6 is 11.6 Å². The molecule has 1 N–H and O–H groups in total. The van der Waals surface area contributed by atoms with E-state index in [9.17, 15) is 4.79 Å². The number of pyridine rings is 1. The first-order valence-corrected chi connectivity index (χ1v) is 7.83. The van der Waals surface area contributed by atoms with Crippen LogP contribution in [0.1, 0.15) is 39.4 Å². The minimum atomic E-state index is -0.442. The van der Waals surface area contributed by atoms with Crippen molar-refractivity contribution in [2.45, 2.75) is 19.9 Å². The van der Waals surface area contributed by atoms with Crippen molar-refractivity contribution in [3.05, 3.63) is 82.3 Å². The summed E-state index contributed by atoms with van der Waals surface area (Å²) in [5.74, 6) is 0.314. The number of rotatable bonds is 4. The number of nitrogens with one attached hydrogen (secondary N) is 1. The van der Waals surface area contributed by atoms with Gasteiger partial charge in [0.2, 0.25) is 5.76 Å². The van der Waals surface area contributed by atoms with Crippen molar-refractivity contribution < 1.29 is 9.21 Å². The zero-order valence-electron chi connectivity index (χ0n) is 13.3. The Bertz CT molecular complexity index is 862.